The highest BCUT2D eigenvalue weighted by atomic mass is 79.9. The molecule has 2 rings (SSSR count). The number of methoxy groups -OCH3 is 1. The number of benzene rings is 2. The van der Waals surface area contributed by atoms with Gasteiger partial charge in [0.1, 0.15) is 17.2 Å². The van der Waals surface area contributed by atoms with Crippen molar-refractivity contribution in [1.29, 1.82) is 0 Å². The van der Waals surface area contributed by atoms with E-state index in [-0.39, 0.29) is 6.61 Å². The molecular weight excluding hydrogens is 296 g/mol. The summed E-state index contributed by atoms with van der Waals surface area (Å²) in [4.78, 5) is 0. The summed E-state index contributed by atoms with van der Waals surface area (Å²) >= 11 is 3.38. The van der Waals surface area contributed by atoms with Gasteiger partial charge in [0, 0.05) is 10.5 Å². The van der Waals surface area contributed by atoms with Gasteiger partial charge in [-0.15, -0.1) is 0 Å². The Kier molecular flexibility index (Phi) is 4.23. The first-order valence-electron chi connectivity index (χ1n) is 5.44. The molecule has 2 aromatic carbocycles. The third kappa shape index (κ3) is 3.03. The van der Waals surface area contributed by atoms with Gasteiger partial charge in [-0.1, -0.05) is 28.1 Å². The van der Waals surface area contributed by atoms with Crippen LogP contribution in [0.2, 0.25) is 0 Å². The first-order chi connectivity index (χ1) is 8.72. The highest BCUT2D eigenvalue weighted by Crippen LogP contribution is 2.28. The van der Waals surface area contributed by atoms with Gasteiger partial charge < -0.3 is 14.6 Å². The summed E-state index contributed by atoms with van der Waals surface area (Å²) in [5.41, 5.74) is 0.827. The van der Waals surface area contributed by atoms with E-state index in [2.05, 4.69) is 15.9 Å². The number of hydrogen-bond donors (Lipinski definition) is 1. The fourth-order valence-electron chi connectivity index (χ4n) is 1.52. The highest BCUT2D eigenvalue weighted by Gasteiger charge is 2.03. The molecule has 0 aliphatic heterocycles. The number of aliphatic hydroxyl groups excluding tert-OH is 1. The van der Waals surface area contributed by atoms with E-state index in [1.54, 1.807) is 7.11 Å². The van der Waals surface area contributed by atoms with Crippen molar-refractivity contribution in [3.05, 3.63) is 52.5 Å². The minimum Gasteiger partial charge on any atom is -0.497 e. The molecular formula is C14H13BrO3. The minimum absolute atomic E-state index is 0.0000230. The van der Waals surface area contributed by atoms with Gasteiger partial charge >= 0.3 is 0 Å². The first kappa shape index (κ1) is 12.9. The second kappa shape index (κ2) is 5.89. The van der Waals surface area contributed by atoms with Crippen LogP contribution < -0.4 is 9.47 Å². The van der Waals surface area contributed by atoms with Crippen LogP contribution in [0.3, 0.4) is 0 Å². The predicted molar refractivity (Wildman–Crippen MR) is 73.1 cm³/mol. The number of aliphatic hydroxyl groups is 1. The van der Waals surface area contributed by atoms with Gasteiger partial charge in [-0.3, -0.25) is 0 Å². The maximum Gasteiger partial charge on any atom is 0.131 e. The van der Waals surface area contributed by atoms with Crippen molar-refractivity contribution in [2.45, 2.75) is 6.61 Å². The molecule has 0 unspecified atom stereocenters. The molecule has 0 bridgehead atoms. The first-order valence-corrected chi connectivity index (χ1v) is 6.23. The molecule has 0 heterocycles. The van der Waals surface area contributed by atoms with E-state index in [1.807, 2.05) is 42.5 Å². The molecule has 1 N–H and O–H groups in total. The Labute approximate surface area is 114 Å². The molecule has 2 aromatic rings. The van der Waals surface area contributed by atoms with E-state index in [0.717, 1.165) is 15.8 Å². The SMILES string of the molecule is COc1cccc(Oc2ccc(CO)c(Br)c2)c1. The van der Waals surface area contributed by atoms with Gasteiger partial charge in [-0.2, -0.15) is 0 Å². The highest BCUT2D eigenvalue weighted by molar-refractivity contribution is 9.10. The van der Waals surface area contributed by atoms with Crippen LogP contribution in [0.15, 0.2) is 46.9 Å². The van der Waals surface area contributed by atoms with Crippen LogP contribution in [0.1, 0.15) is 5.56 Å². The summed E-state index contributed by atoms with van der Waals surface area (Å²) in [5.74, 6) is 2.16. The zero-order chi connectivity index (χ0) is 13.0. The Balaban J connectivity index is 2.20. The van der Waals surface area contributed by atoms with Crippen molar-refractivity contribution in [2.24, 2.45) is 0 Å². The van der Waals surface area contributed by atoms with Gasteiger partial charge in [-0.05, 0) is 29.8 Å². The van der Waals surface area contributed by atoms with Crippen molar-refractivity contribution in [1.82, 2.24) is 0 Å². The summed E-state index contributed by atoms with van der Waals surface area (Å²) in [6.07, 6.45) is 0. The largest absolute Gasteiger partial charge is 0.497 e. The second-order valence-corrected chi connectivity index (χ2v) is 4.55. The zero-order valence-corrected chi connectivity index (χ0v) is 11.5. The number of rotatable bonds is 4. The molecule has 4 heteroatoms. The third-order valence-corrected chi connectivity index (χ3v) is 3.21. The summed E-state index contributed by atoms with van der Waals surface area (Å²) in [6.45, 7) is 0.0000230. The molecule has 0 amide bonds. The lowest BCUT2D eigenvalue weighted by Gasteiger charge is -2.09. The Morgan fingerprint density at radius 3 is 2.44 bits per heavy atom. The van der Waals surface area contributed by atoms with Crippen LogP contribution in [-0.4, -0.2) is 12.2 Å². The third-order valence-electron chi connectivity index (χ3n) is 2.47. The van der Waals surface area contributed by atoms with Crippen LogP contribution >= 0.6 is 15.9 Å². The summed E-state index contributed by atoms with van der Waals surface area (Å²) < 4.78 is 11.7. The van der Waals surface area contributed by atoms with Crippen LogP contribution in [0.4, 0.5) is 0 Å². The summed E-state index contributed by atoms with van der Waals surface area (Å²) in [5, 5.41) is 9.08. The second-order valence-electron chi connectivity index (χ2n) is 3.69. The molecule has 0 aliphatic rings. The van der Waals surface area contributed by atoms with Crippen LogP contribution in [-0.2, 0) is 6.61 Å². The van der Waals surface area contributed by atoms with Crippen LogP contribution in [0.25, 0.3) is 0 Å². The lowest BCUT2D eigenvalue weighted by molar-refractivity contribution is 0.281. The van der Waals surface area contributed by atoms with Crippen molar-refractivity contribution in [2.75, 3.05) is 7.11 Å². The van der Waals surface area contributed by atoms with Gasteiger partial charge in [-0.25, -0.2) is 0 Å². The Hall–Kier alpha value is -1.52. The fraction of sp³-hybridized carbons (Fsp3) is 0.143. The van der Waals surface area contributed by atoms with Gasteiger partial charge in [0.05, 0.1) is 13.7 Å². The average molecular weight is 309 g/mol. The Morgan fingerprint density at radius 1 is 1.06 bits per heavy atom. The molecule has 0 radical (unpaired) electrons. The van der Waals surface area contributed by atoms with Crippen LogP contribution in [0, 0.1) is 0 Å². The molecule has 18 heavy (non-hydrogen) atoms. The molecule has 0 saturated carbocycles. The van der Waals surface area contributed by atoms with Gasteiger partial charge in [0.25, 0.3) is 0 Å². The predicted octanol–water partition coefficient (Wildman–Crippen LogP) is 3.74. The van der Waals surface area contributed by atoms with E-state index < -0.39 is 0 Å². The monoisotopic (exact) mass is 308 g/mol. The summed E-state index contributed by atoms with van der Waals surface area (Å²) in [6, 6.07) is 12.9. The molecule has 0 fully saturated rings. The molecule has 94 valence electrons. The van der Waals surface area contributed by atoms with Crippen LogP contribution in [0.5, 0.6) is 17.2 Å². The van der Waals surface area contributed by atoms with Gasteiger partial charge in [0.15, 0.2) is 0 Å². The minimum atomic E-state index is 0.0000230. The van der Waals surface area contributed by atoms with E-state index >= 15 is 0 Å². The molecule has 0 aromatic heterocycles. The molecule has 0 saturated heterocycles. The molecule has 0 aliphatic carbocycles. The van der Waals surface area contributed by atoms with Crippen molar-refractivity contribution in [3.8, 4) is 17.2 Å². The maximum absolute atomic E-state index is 9.08. The van der Waals surface area contributed by atoms with E-state index in [1.165, 1.54) is 0 Å². The van der Waals surface area contributed by atoms with Crippen molar-refractivity contribution >= 4 is 15.9 Å². The molecule has 0 atom stereocenters. The number of hydrogen-bond acceptors (Lipinski definition) is 3. The number of ether oxygens (including phenoxy) is 2. The smallest absolute Gasteiger partial charge is 0.131 e. The average Bonchev–Trinajstić information content (AvgIpc) is 2.39. The van der Waals surface area contributed by atoms with Gasteiger partial charge in [0.2, 0.25) is 0 Å². The Bertz CT molecular complexity index is 540. The molecule has 0 spiro atoms. The molecule has 3 nitrogen and oxygen atoms in total. The normalized spacial score (nSPS) is 10.2. The summed E-state index contributed by atoms with van der Waals surface area (Å²) in [7, 11) is 1.62. The fourth-order valence-corrected chi connectivity index (χ4v) is 2.00. The lowest BCUT2D eigenvalue weighted by Crippen LogP contribution is -1.89. The number of halogens is 1. The van der Waals surface area contributed by atoms with E-state index in [9.17, 15) is 0 Å². The lowest BCUT2D eigenvalue weighted by atomic mass is 10.2. The maximum atomic E-state index is 9.08. The zero-order valence-electron chi connectivity index (χ0n) is 9.89. The quantitative estimate of drug-likeness (QED) is 0.935. The van der Waals surface area contributed by atoms with E-state index in [4.69, 9.17) is 14.6 Å². The van der Waals surface area contributed by atoms with Crippen molar-refractivity contribution < 1.29 is 14.6 Å². The standard InChI is InChI=1S/C14H13BrO3/c1-17-11-3-2-4-12(7-11)18-13-6-5-10(9-16)14(15)8-13/h2-8,16H,9H2,1H3. The van der Waals surface area contributed by atoms with Crippen molar-refractivity contribution in [3.63, 3.8) is 0 Å². The van der Waals surface area contributed by atoms with E-state index in [0.29, 0.717) is 11.5 Å². The Morgan fingerprint density at radius 2 is 1.78 bits per heavy atom. The topological polar surface area (TPSA) is 38.7 Å².